The minimum absolute atomic E-state index is 0.414. The molecule has 0 spiro atoms. The molecule has 2 aromatic carbocycles. The average molecular weight is 476 g/mol. The van der Waals surface area contributed by atoms with Gasteiger partial charge < -0.3 is 19.4 Å². The first-order valence-corrected chi connectivity index (χ1v) is 12.5. The number of hydrogen-bond acceptors (Lipinski definition) is 6. The minimum atomic E-state index is 0.414. The topological polar surface area (TPSA) is 50.4 Å². The Hall–Kier alpha value is -3.13. The van der Waals surface area contributed by atoms with E-state index in [4.69, 9.17) is 14.5 Å². The molecule has 3 aromatic heterocycles. The number of rotatable bonds is 9. The van der Waals surface area contributed by atoms with Crippen LogP contribution in [0.2, 0.25) is 0 Å². The Labute approximate surface area is 201 Å². The molecule has 0 aliphatic rings. The summed E-state index contributed by atoms with van der Waals surface area (Å²) in [6.45, 7) is 1.40. The van der Waals surface area contributed by atoms with E-state index in [1.165, 1.54) is 10.9 Å². The zero-order valence-corrected chi connectivity index (χ0v) is 20.2. The van der Waals surface area contributed by atoms with Gasteiger partial charge in [-0.1, -0.05) is 30.3 Å². The highest BCUT2D eigenvalue weighted by atomic mass is 32.1. The molecule has 0 radical (unpaired) electrons. The van der Waals surface area contributed by atoms with Crippen molar-refractivity contribution in [1.82, 2.24) is 14.9 Å². The van der Waals surface area contributed by atoms with Gasteiger partial charge in [0.25, 0.3) is 0 Å². The molecule has 0 saturated carbocycles. The van der Waals surface area contributed by atoms with Crippen molar-refractivity contribution >= 4 is 33.6 Å². The highest BCUT2D eigenvalue weighted by molar-refractivity contribution is 7.15. The Kier molecular flexibility index (Phi) is 6.44. The third kappa shape index (κ3) is 4.95. The van der Waals surface area contributed by atoms with Gasteiger partial charge >= 0.3 is 0 Å². The molecule has 0 aliphatic carbocycles. The van der Waals surface area contributed by atoms with E-state index in [0.717, 1.165) is 44.7 Å². The number of para-hydroxylation sites is 1. The van der Waals surface area contributed by atoms with Crippen LogP contribution in [0.4, 0.5) is 0 Å². The number of likely N-dealkylation sites (N-methyl/N-ethyl adjacent to an activating group) is 1. The molecule has 5 aromatic rings. The molecule has 0 unspecified atom stereocenters. The van der Waals surface area contributed by atoms with Gasteiger partial charge in [0.2, 0.25) is 5.88 Å². The molecule has 0 aliphatic heterocycles. The normalized spacial score (nSPS) is 11.4. The van der Waals surface area contributed by atoms with Crippen LogP contribution in [0.1, 0.15) is 10.4 Å². The summed E-state index contributed by atoms with van der Waals surface area (Å²) in [5, 5.41) is 5.05. The van der Waals surface area contributed by atoms with Crippen LogP contribution in [-0.2, 0) is 13.0 Å². The largest absolute Gasteiger partial charge is 0.478 e. The number of aromatic nitrogens is 2. The van der Waals surface area contributed by atoms with Crippen molar-refractivity contribution in [2.24, 2.45) is 0 Å². The molecule has 3 heterocycles. The summed E-state index contributed by atoms with van der Waals surface area (Å²) in [6.07, 6.45) is 3.09. The number of aromatic amines is 1. The van der Waals surface area contributed by atoms with E-state index in [9.17, 15) is 0 Å². The molecular formula is C26H25N3O2S2. The Bertz CT molecular complexity index is 1320. The maximum absolute atomic E-state index is 6.19. The fourth-order valence-corrected chi connectivity index (χ4v) is 5.19. The fourth-order valence-electron chi connectivity index (χ4n) is 3.68. The number of nitrogens with zero attached hydrogens (tertiary/aromatic N) is 2. The number of thiophene rings is 1. The first-order valence-electron chi connectivity index (χ1n) is 10.8. The maximum atomic E-state index is 6.19. The quantitative estimate of drug-likeness (QED) is 0.254. The maximum Gasteiger partial charge on any atom is 0.237 e. The summed E-state index contributed by atoms with van der Waals surface area (Å²) in [6, 6.07) is 20.1. The van der Waals surface area contributed by atoms with E-state index in [2.05, 4.69) is 48.4 Å². The van der Waals surface area contributed by atoms with Crippen LogP contribution in [0.25, 0.3) is 21.5 Å². The molecule has 0 bridgehead atoms. The van der Waals surface area contributed by atoms with Crippen molar-refractivity contribution in [2.75, 3.05) is 20.6 Å². The molecule has 5 rings (SSSR count). The van der Waals surface area contributed by atoms with Gasteiger partial charge in [-0.3, -0.25) is 0 Å². The zero-order valence-electron chi connectivity index (χ0n) is 18.6. The third-order valence-corrected chi connectivity index (χ3v) is 7.13. The fraction of sp³-hybridized carbons (Fsp3) is 0.192. The lowest BCUT2D eigenvalue weighted by Gasteiger charge is -2.09. The number of nitrogens with one attached hydrogen (secondary N) is 1. The van der Waals surface area contributed by atoms with Crippen LogP contribution in [0, 0.1) is 0 Å². The summed E-state index contributed by atoms with van der Waals surface area (Å²) in [5.74, 6) is 1.36. The van der Waals surface area contributed by atoms with Gasteiger partial charge in [-0.15, -0.1) is 22.7 Å². The van der Waals surface area contributed by atoms with Gasteiger partial charge in [-0.05, 0) is 61.8 Å². The Balaban J connectivity index is 1.53. The minimum Gasteiger partial charge on any atom is -0.478 e. The molecule has 0 atom stereocenters. The van der Waals surface area contributed by atoms with E-state index >= 15 is 0 Å². The number of hydrogen-bond donors (Lipinski definition) is 1. The number of ether oxygens (including phenoxy) is 2. The van der Waals surface area contributed by atoms with Crippen LogP contribution >= 0.6 is 22.7 Å². The van der Waals surface area contributed by atoms with Crippen LogP contribution in [0.5, 0.6) is 16.7 Å². The molecule has 0 fully saturated rings. The molecular weight excluding hydrogens is 450 g/mol. The second-order valence-electron chi connectivity index (χ2n) is 7.98. The van der Waals surface area contributed by atoms with Crippen LogP contribution < -0.4 is 9.47 Å². The predicted octanol–water partition coefficient (Wildman–Crippen LogP) is 6.83. The molecule has 7 heteroatoms. The van der Waals surface area contributed by atoms with E-state index in [0.29, 0.717) is 12.5 Å². The van der Waals surface area contributed by atoms with E-state index in [-0.39, 0.29) is 0 Å². The Morgan fingerprint density at radius 3 is 2.67 bits per heavy atom. The molecule has 0 amide bonds. The molecule has 1 N–H and O–H groups in total. The summed E-state index contributed by atoms with van der Waals surface area (Å²) in [5.41, 5.74) is 3.54. The summed E-state index contributed by atoms with van der Waals surface area (Å²) in [4.78, 5) is 11.5. The zero-order chi connectivity index (χ0) is 22.6. The summed E-state index contributed by atoms with van der Waals surface area (Å²) >= 11 is 3.21. The van der Waals surface area contributed by atoms with Gasteiger partial charge in [0, 0.05) is 29.2 Å². The van der Waals surface area contributed by atoms with Crippen LogP contribution in [0.3, 0.4) is 0 Å². The van der Waals surface area contributed by atoms with Crippen molar-refractivity contribution in [3.8, 4) is 27.3 Å². The monoisotopic (exact) mass is 475 g/mol. The highest BCUT2D eigenvalue weighted by Gasteiger charge is 2.19. The van der Waals surface area contributed by atoms with Gasteiger partial charge in [-0.25, -0.2) is 4.98 Å². The lowest BCUT2D eigenvalue weighted by Crippen LogP contribution is -2.14. The number of H-pyrrole nitrogens is 1. The lowest BCUT2D eigenvalue weighted by atomic mass is 10.0. The summed E-state index contributed by atoms with van der Waals surface area (Å²) < 4.78 is 12.2. The standard InChI is InChI=1S/C26H25N3O2S2/c1-29(2)14-13-18-16-27-21-11-6-10-20(24(18)21)26-28-25(31-19-8-4-3-5-9-19)22(33-26)17-30-23-12-7-15-32-23/h3-12,15-16,27H,13-14,17H2,1-2H3. The predicted molar refractivity (Wildman–Crippen MR) is 137 cm³/mol. The van der Waals surface area contributed by atoms with Crippen molar-refractivity contribution in [1.29, 1.82) is 0 Å². The van der Waals surface area contributed by atoms with Crippen LogP contribution in [0.15, 0.2) is 72.2 Å². The van der Waals surface area contributed by atoms with E-state index in [1.807, 2.05) is 47.8 Å². The van der Waals surface area contributed by atoms with Crippen LogP contribution in [-0.4, -0.2) is 35.5 Å². The van der Waals surface area contributed by atoms with Crippen molar-refractivity contribution < 1.29 is 9.47 Å². The smallest absolute Gasteiger partial charge is 0.237 e. The third-order valence-electron chi connectivity index (χ3n) is 5.31. The van der Waals surface area contributed by atoms with Gasteiger partial charge in [0.1, 0.15) is 22.2 Å². The van der Waals surface area contributed by atoms with Crippen molar-refractivity contribution in [3.05, 3.63) is 82.7 Å². The molecule has 5 nitrogen and oxygen atoms in total. The molecule has 33 heavy (non-hydrogen) atoms. The number of fused-ring (bicyclic) bond motifs is 1. The second kappa shape index (κ2) is 9.79. The second-order valence-corrected chi connectivity index (χ2v) is 9.97. The SMILES string of the molecule is CN(C)CCc1c[nH]c2cccc(-c3nc(Oc4ccccc4)c(COc4cccs4)s3)c12. The molecule has 168 valence electrons. The average Bonchev–Trinajstić information content (AvgIpc) is 3.57. The number of benzene rings is 2. The van der Waals surface area contributed by atoms with Gasteiger partial charge in [0.05, 0.1) is 0 Å². The molecule has 0 saturated heterocycles. The first kappa shape index (κ1) is 21.7. The summed E-state index contributed by atoms with van der Waals surface area (Å²) in [7, 11) is 4.20. The Morgan fingerprint density at radius 1 is 1.00 bits per heavy atom. The van der Waals surface area contributed by atoms with Gasteiger partial charge in [-0.2, -0.15) is 0 Å². The van der Waals surface area contributed by atoms with Crippen molar-refractivity contribution in [2.45, 2.75) is 13.0 Å². The lowest BCUT2D eigenvalue weighted by molar-refractivity contribution is 0.312. The van der Waals surface area contributed by atoms with E-state index < -0.39 is 0 Å². The Morgan fingerprint density at radius 2 is 1.88 bits per heavy atom. The number of thiazole rings is 1. The first-order chi connectivity index (χ1) is 16.2. The van der Waals surface area contributed by atoms with Gasteiger partial charge in [0.15, 0.2) is 5.06 Å². The van der Waals surface area contributed by atoms with E-state index in [1.54, 1.807) is 22.7 Å². The highest BCUT2D eigenvalue weighted by Crippen LogP contribution is 2.39. The van der Waals surface area contributed by atoms with Crippen molar-refractivity contribution in [3.63, 3.8) is 0 Å².